The highest BCUT2D eigenvalue weighted by molar-refractivity contribution is 5.94. The van der Waals surface area contributed by atoms with Crippen LogP contribution in [-0.4, -0.2) is 31.6 Å². The van der Waals surface area contributed by atoms with Crippen molar-refractivity contribution < 1.29 is 9.53 Å². The lowest BCUT2D eigenvalue weighted by Gasteiger charge is -2.23. The van der Waals surface area contributed by atoms with E-state index < -0.39 is 0 Å². The Morgan fingerprint density at radius 1 is 1.48 bits per heavy atom. The van der Waals surface area contributed by atoms with Gasteiger partial charge >= 0.3 is 0 Å². The minimum absolute atomic E-state index is 0. The number of rotatable bonds is 5. The van der Waals surface area contributed by atoms with Crippen molar-refractivity contribution in [1.82, 2.24) is 10.6 Å². The van der Waals surface area contributed by atoms with Crippen LogP contribution in [0.3, 0.4) is 0 Å². The number of hydrogen-bond acceptors (Lipinski definition) is 3. The van der Waals surface area contributed by atoms with Crippen molar-refractivity contribution in [3.63, 3.8) is 0 Å². The van der Waals surface area contributed by atoms with E-state index in [1.165, 1.54) is 0 Å². The van der Waals surface area contributed by atoms with Gasteiger partial charge in [0.2, 0.25) is 0 Å². The SMILES string of the molecule is CC(C)COc1cccc(C(=O)NC2CCCNC2)c1.Cl. The predicted molar refractivity (Wildman–Crippen MR) is 87.4 cm³/mol. The van der Waals surface area contributed by atoms with E-state index in [9.17, 15) is 4.79 Å². The van der Waals surface area contributed by atoms with Crippen LogP contribution >= 0.6 is 12.4 Å². The van der Waals surface area contributed by atoms with Crippen LogP contribution in [0.5, 0.6) is 5.75 Å². The number of carbonyl (C=O) groups is 1. The molecule has 1 atom stereocenters. The summed E-state index contributed by atoms with van der Waals surface area (Å²) < 4.78 is 5.66. The zero-order chi connectivity index (χ0) is 14.4. The summed E-state index contributed by atoms with van der Waals surface area (Å²) in [6.45, 7) is 6.77. The van der Waals surface area contributed by atoms with Gasteiger partial charge in [0.1, 0.15) is 5.75 Å². The minimum atomic E-state index is -0.0197. The monoisotopic (exact) mass is 312 g/mol. The van der Waals surface area contributed by atoms with Gasteiger partial charge in [-0.2, -0.15) is 0 Å². The maximum Gasteiger partial charge on any atom is 0.251 e. The molecule has 1 aromatic rings. The molecule has 4 nitrogen and oxygen atoms in total. The van der Waals surface area contributed by atoms with E-state index in [0.29, 0.717) is 18.1 Å². The fourth-order valence-electron chi connectivity index (χ4n) is 2.23. The molecule has 2 N–H and O–H groups in total. The molecule has 0 aliphatic carbocycles. The second-order valence-corrected chi connectivity index (χ2v) is 5.75. The average molecular weight is 313 g/mol. The van der Waals surface area contributed by atoms with E-state index in [1.807, 2.05) is 24.3 Å². The number of nitrogens with one attached hydrogen (secondary N) is 2. The molecule has 0 spiro atoms. The molecule has 0 radical (unpaired) electrons. The normalized spacial score (nSPS) is 18.0. The lowest BCUT2D eigenvalue weighted by molar-refractivity contribution is 0.0930. The first kappa shape index (κ1) is 17.8. The van der Waals surface area contributed by atoms with Crippen LogP contribution in [0.2, 0.25) is 0 Å². The fraction of sp³-hybridized carbons (Fsp3) is 0.562. The van der Waals surface area contributed by atoms with Crippen LogP contribution in [0.25, 0.3) is 0 Å². The Hall–Kier alpha value is -1.26. The topological polar surface area (TPSA) is 50.4 Å². The molecule has 1 aromatic carbocycles. The van der Waals surface area contributed by atoms with Gasteiger partial charge in [0.15, 0.2) is 0 Å². The lowest BCUT2D eigenvalue weighted by atomic mass is 10.1. The van der Waals surface area contributed by atoms with Crippen LogP contribution < -0.4 is 15.4 Å². The molecule has 21 heavy (non-hydrogen) atoms. The predicted octanol–water partition coefficient (Wildman–Crippen LogP) is 2.63. The van der Waals surface area contributed by atoms with Crippen LogP contribution in [0.15, 0.2) is 24.3 Å². The first-order valence-corrected chi connectivity index (χ1v) is 7.39. The number of carbonyl (C=O) groups excluding carboxylic acids is 1. The zero-order valence-electron chi connectivity index (χ0n) is 12.7. The second kappa shape index (κ2) is 8.90. The average Bonchev–Trinajstić information content (AvgIpc) is 2.46. The summed E-state index contributed by atoms with van der Waals surface area (Å²) in [5.74, 6) is 1.21. The number of benzene rings is 1. The minimum Gasteiger partial charge on any atom is -0.493 e. The summed E-state index contributed by atoms with van der Waals surface area (Å²) >= 11 is 0. The molecule has 0 aromatic heterocycles. The second-order valence-electron chi connectivity index (χ2n) is 5.75. The van der Waals surface area contributed by atoms with Gasteiger partial charge in [-0.15, -0.1) is 12.4 Å². The Morgan fingerprint density at radius 2 is 2.29 bits per heavy atom. The van der Waals surface area contributed by atoms with Crippen LogP contribution in [0.4, 0.5) is 0 Å². The molecule has 5 heteroatoms. The van der Waals surface area contributed by atoms with E-state index in [-0.39, 0.29) is 24.4 Å². The molecular formula is C16H25ClN2O2. The molecule has 1 fully saturated rings. The number of ether oxygens (including phenoxy) is 1. The van der Waals surface area contributed by atoms with E-state index in [4.69, 9.17) is 4.74 Å². The van der Waals surface area contributed by atoms with Crippen molar-refractivity contribution >= 4 is 18.3 Å². The Labute approximate surface area is 133 Å². The van der Waals surface area contributed by atoms with Crippen molar-refractivity contribution in [1.29, 1.82) is 0 Å². The summed E-state index contributed by atoms with van der Waals surface area (Å²) in [7, 11) is 0. The third-order valence-electron chi connectivity index (χ3n) is 3.31. The zero-order valence-corrected chi connectivity index (χ0v) is 13.5. The van der Waals surface area contributed by atoms with Crippen molar-refractivity contribution in [2.75, 3.05) is 19.7 Å². The number of amides is 1. The van der Waals surface area contributed by atoms with Crippen molar-refractivity contribution in [3.8, 4) is 5.75 Å². The first-order valence-electron chi connectivity index (χ1n) is 7.39. The largest absolute Gasteiger partial charge is 0.493 e. The van der Waals surface area contributed by atoms with Gasteiger partial charge in [-0.25, -0.2) is 0 Å². The van der Waals surface area contributed by atoms with Gasteiger partial charge in [0, 0.05) is 18.2 Å². The van der Waals surface area contributed by atoms with Gasteiger partial charge in [0.25, 0.3) is 5.91 Å². The first-order chi connectivity index (χ1) is 9.65. The smallest absolute Gasteiger partial charge is 0.251 e. The highest BCUT2D eigenvalue weighted by Gasteiger charge is 2.16. The third kappa shape index (κ3) is 5.94. The van der Waals surface area contributed by atoms with E-state index in [1.54, 1.807) is 0 Å². The van der Waals surface area contributed by atoms with Gasteiger partial charge in [0.05, 0.1) is 6.61 Å². The van der Waals surface area contributed by atoms with Crippen LogP contribution in [-0.2, 0) is 0 Å². The highest BCUT2D eigenvalue weighted by Crippen LogP contribution is 2.15. The summed E-state index contributed by atoms with van der Waals surface area (Å²) in [6.07, 6.45) is 2.16. The molecule has 0 saturated carbocycles. The molecule has 118 valence electrons. The Kier molecular flexibility index (Phi) is 7.54. The fourth-order valence-corrected chi connectivity index (χ4v) is 2.23. The van der Waals surface area contributed by atoms with Gasteiger partial charge in [-0.05, 0) is 43.5 Å². The summed E-state index contributed by atoms with van der Waals surface area (Å²) in [5, 5.41) is 6.37. The molecule has 1 heterocycles. The van der Waals surface area contributed by atoms with E-state index >= 15 is 0 Å². The maximum atomic E-state index is 12.2. The van der Waals surface area contributed by atoms with Crippen LogP contribution in [0.1, 0.15) is 37.0 Å². The Morgan fingerprint density at radius 3 is 2.95 bits per heavy atom. The molecule has 0 bridgehead atoms. The molecular weight excluding hydrogens is 288 g/mol. The van der Waals surface area contributed by atoms with Crippen molar-refractivity contribution in [2.24, 2.45) is 5.92 Å². The van der Waals surface area contributed by atoms with Gasteiger partial charge in [-0.3, -0.25) is 4.79 Å². The van der Waals surface area contributed by atoms with Gasteiger partial charge < -0.3 is 15.4 Å². The summed E-state index contributed by atoms with van der Waals surface area (Å²) in [5.41, 5.74) is 0.664. The van der Waals surface area contributed by atoms with E-state index in [2.05, 4.69) is 24.5 Å². The van der Waals surface area contributed by atoms with Crippen LogP contribution in [0, 0.1) is 5.92 Å². The molecule has 1 unspecified atom stereocenters. The van der Waals surface area contributed by atoms with E-state index in [0.717, 1.165) is 31.7 Å². The third-order valence-corrected chi connectivity index (χ3v) is 3.31. The molecule has 1 amide bonds. The molecule has 1 saturated heterocycles. The lowest BCUT2D eigenvalue weighted by Crippen LogP contribution is -2.45. The standard InChI is InChI=1S/C16H24N2O2.ClH/c1-12(2)11-20-15-7-3-5-13(9-15)16(19)18-14-6-4-8-17-10-14;/h3,5,7,9,12,14,17H,4,6,8,10-11H2,1-2H3,(H,18,19);1H. The summed E-state index contributed by atoms with van der Waals surface area (Å²) in [6, 6.07) is 7.63. The summed E-state index contributed by atoms with van der Waals surface area (Å²) in [4.78, 5) is 12.2. The van der Waals surface area contributed by atoms with Crippen molar-refractivity contribution in [2.45, 2.75) is 32.7 Å². The quantitative estimate of drug-likeness (QED) is 0.879. The highest BCUT2D eigenvalue weighted by atomic mass is 35.5. The number of halogens is 1. The molecule has 2 rings (SSSR count). The Bertz CT molecular complexity index is 446. The number of piperidine rings is 1. The molecule has 1 aliphatic rings. The molecule has 1 aliphatic heterocycles. The van der Waals surface area contributed by atoms with Crippen molar-refractivity contribution in [3.05, 3.63) is 29.8 Å². The maximum absolute atomic E-state index is 12.2. The van der Waals surface area contributed by atoms with Gasteiger partial charge in [-0.1, -0.05) is 19.9 Å². The number of hydrogen-bond donors (Lipinski definition) is 2. The Balaban J connectivity index is 0.00000220.